The molecule has 8 heteroatoms. The van der Waals surface area contributed by atoms with E-state index in [0.29, 0.717) is 24.5 Å². The SMILES string of the molecule is O=C(N[C@@H]1CCC[C@@H]1C(=O)N1CSCC1C(=O)O)OCC1c2ccccc2-c2ccccc21. The largest absolute Gasteiger partial charge is 0.480 e. The minimum Gasteiger partial charge on any atom is -0.480 e. The summed E-state index contributed by atoms with van der Waals surface area (Å²) in [5.74, 6) is -0.822. The van der Waals surface area contributed by atoms with Gasteiger partial charge in [-0.15, -0.1) is 11.8 Å². The molecule has 172 valence electrons. The smallest absolute Gasteiger partial charge is 0.407 e. The summed E-state index contributed by atoms with van der Waals surface area (Å²) >= 11 is 1.44. The number of carboxylic acids is 1. The average Bonchev–Trinajstić information content (AvgIpc) is 3.55. The van der Waals surface area contributed by atoms with Gasteiger partial charge >= 0.3 is 12.1 Å². The Labute approximate surface area is 196 Å². The number of hydrogen-bond acceptors (Lipinski definition) is 5. The first-order chi connectivity index (χ1) is 16.0. The third-order valence-electron chi connectivity index (χ3n) is 6.93. The lowest BCUT2D eigenvalue weighted by molar-refractivity contribution is -0.149. The molecular formula is C25H26N2O5S. The molecule has 2 aromatic rings. The molecule has 1 unspecified atom stereocenters. The topological polar surface area (TPSA) is 95.9 Å². The summed E-state index contributed by atoms with van der Waals surface area (Å²) in [6.45, 7) is 0.217. The predicted molar refractivity (Wildman–Crippen MR) is 125 cm³/mol. The molecule has 7 nitrogen and oxygen atoms in total. The van der Waals surface area contributed by atoms with Crippen LogP contribution in [0, 0.1) is 5.92 Å². The van der Waals surface area contributed by atoms with Gasteiger partial charge in [-0.1, -0.05) is 55.0 Å². The van der Waals surface area contributed by atoms with Gasteiger partial charge < -0.3 is 20.1 Å². The normalized spacial score (nSPS) is 23.8. The van der Waals surface area contributed by atoms with Crippen molar-refractivity contribution in [3.05, 3.63) is 59.7 Å². The van der Waals surface area contributed by atoms with Gasteiger partial charge in [0.05, 0.1) is 11.8 Å². The lowest BCUT2D eigenvalue weighted by atomic mass is 9.98. The number of alkyl carbamates (subject to hydrolysis) is 1. The quantitative estimate of drug-likeness (QED) is 0.698. The van der Waals surface area contributed by atoms with Crippen LogP contribution in [0.4, 0.5) is 4.79 Å². The number of fused-ring (bicyclic) bond motifs is 3. The number of carbonyl (C=O) groups excluding carboxylic acids is 2. The lowest BCUT2D eigenvalue weighted by Gasteiger charge is -2.27. The molecule has 0 radical (unpaired) electrons. The maximum Gasteiger partial charge on any atom is 0.407 e. The fourth-order valence-electron chi connectivity index (χ4n) is 5.30. The van der Waals surface area contributed by atoms with Crippen LogP contribution in [0.25, 0.3) is 11.1 Å². The second kappa shape index (κ2) is 9.09. The van der Waals surface area contributed by atoms with Crippen molar-refractivity contribution in [2.24, 2.45) is 5.92 Å². The maximum absolute atomic E-state index is 13.1. The van der Waals surface area contributed by atoms with Crippen molar-refractivity contribution >= 4 is 29.7 Å². The number of carbonyl (C=O) groups is 3. The fraction of sp³-hybridized carbons (Fsp3) is 0.400. The number of carboxylic acid groups (broad SMARTS) is 1. The van der Waals surface area contributed by atoms with Crippen molar-refractivity contribution in [2.45, 2.75) is 37.3 Å². The number of thioether (sulfide) groups is 1. The highest BCUT2D eigenvalue weighted by atomic mass is 32.2. The summed E-state index contributed by atoms with van der Waals surface area (Å²) in [5.41, 5.74) is 4.62. The van der Waals surface area contributed by atoms with E-state index in [2.05, 4.69) is 29.6 Å². The van der Waals surface area contributed by atoms with Gasteiger partial charge in [-0.3, -0.25) is 4.79 Å². The molecular weight excluding hydrogens is 440 g/mol. The second-order valence-corrected chi connectivity index (χ2v) is 9.78. The number of nitrogens with zero attached hydrogens (tertiary/aromatic N) is 1. The average molecular weight is 467 g/mol. The maximum atomic E-state index is 13.1. The summed E-state index contributed by atoms with van der Waals surface area (Å²) in [4.78, 5) is 38.7. The van der Waals surface area contributed by atoms with E-state index in [9.17, 15) is 19.5 Å². The van der Waals surface area contributed by atoms with Crippen molar-refractivity contribution in [3.63, 3.8) is 0 Å². The Bertz CT molecular complexity index is 1040. The molecule has 1 saturated carbocycles. The Balaban J connectivity index is 1.23. The standard InChI is InChI=1S/C25H26N2O5S/c28-23(27-14-33-13-22(27)24(29)30)19-10-5-11-21(19)26-25(31)32-12-20-17-8-3-1-6-15(17)16-7-2-4-9-18(16)20/h1-4,6-9,19-22H,5,10-14H2,(H,26,31)(H,29,30)/t19-,21+,22?/m0/s1. The second-order valence-electron chi connectivity index (χ2n) is 8.78. The first-order valence-electron chi connectivity index (χ1n) is 11.3. The van der Waals surface area contributed by atoms with Crippen LogP contribution in [0.2, 0.25) is 0 Å². The molecule has 3 aliphatic rings. The van der Waals surface area contributed by atoms with Crippen molar-refractivity contribution < 1.29 is 24.2 Å². The Morgan fingerprint density at radius 1 is 1.03 bits per heavy atom. The Morgan fingerprint density at radius 2 is 1.70 bits per heavy atom. The van der Waals surface area contributed by atoms with Gasteiger partial charge in [-0.05, 0) is 35.1 Å². The third-order valence-corrected chi connectivity index (χ3v) is 7.94. The van der Waals surface area contributed by atoms with Gasteiger partial charge in [0.25, 0.3) is 0 Å². The number of amides is 2. The predicted octanol–water partition coefficient (Wildman–Crippen LogP) is 3.68. The highest BCUT2D eigenvalue weighted by molar-refractivity contribution is 7.99. The van der Waals surface area contributed by atoms with Crippen molar-refractivity contribution in [1.82, 2.24) is 10.2 Å². The molecule has 2 aromatic carbocycles. The molecule has 5 rings (SSSR count). The van der Waals surface area contributed by atoms with Crippen LogP contribution in [-0.4, -0.2) is 58.3 Å². The van der Waals surface area contributed by atoms with Gasteiger partial charge in [0.1, 0.15) is 12.6 Å². The summed E-state index contributed by atoms with van der Waals surface area (Å²) in [6.07, 6.45) is 1.59. The van der Waals surface area contributed by atoms with Gasteiger partial charge in [0, 0.05) is 17.7 Å². The Hall–Kier alpha value is -3.00. The van der Waals surface area contributed by atoms with E-state index >= 15 is 0 Å². The van der Waals surface area contributed by atoms with E-state index in [0.717, 1.165) is 17.5 Å². The molecule has 2 aliphatic carbocycles. The molecule has 1 saturated heterocycles. The van der Waals surface area contributed by atoms with E-state index in [-0.39, 0.29) is 24.5 Å². The van der Waals surface area contributed by atoms with Crippen LogP contribution in [0.3, 0.4) is 0 Å². The highest BCUT2D eigenvalue weighted by Gasteiger charge is 2.42. The van der Waals surface area contributed by atoms with E-state index in [4.69, 9.17) is 4.74 Å². The van der Waals surface area contributed by atoms with E-state index in [1.54, 1.807) is 0 Å². The van der Waals surface area contributed by atoms with Gasteiger partial charge in [-0.2, -0.15) is 0 Å². The Morgan fingerprint density at radius 3 is 2.36 bits per heavy atom. The molecule has 1 aliphatic heterocycles. The van der Waals surface area contributed by atoms with Crippen LogP contribution in [0.1, 0.15) is 36.3 Å². The number of ether oxygens (including phenoxy) is 1. The Kier molecular flexibility index (Phi) is 6.01. The molecule has 0 aromatic heterocycles. The summed E-state index contributed by atoms with van der Waals surface area (Å²) in [6, 6.07) is 15.2. The molecule has 33 heavy (non-hydrogen) atoms. The molecule has 3 atom stereocenters. The van der Waals surface area contributed by atoms with Crippen LogP contribution < -0.4 is 5.32 Å². The summed E-state index contributed by atoms with van der Waals surface area (Å²) < 4.78 is 5.64. The van der Waals surface area contributed by atoms with Crippen LogP contribution >= 0.6 is 11.8 Å². The van der Waals surface area contributed by atoms with E-state index < -0.39 is 24.0 Å². The van der Waals surface area contributed by atoms with Crippen LogP contribution in [-0.2, 0) is 14.3 Å². The van der Waals surface area contributed by atoms with Crippen LogP contribution in [0.15, 0.2) is 48.5 Å². The van der Waals surface area contributed by atoms with Gasteiger partial charge in [-0.25, -0.2) is 9.59 Å². The summed E-state index contributed by atoms with van der Waals surface area (Å²) in [7, 11) is 0. The van der Waals surface area contributed by atoms with Gasteiger partial charge in [0.15, 0.2) is 0 Å². The zero-order valence-electron chi connectivity index (χ0n) is 18.1. The minimum absolute atomic E-state index is 0.0258. The first kappa shape index (κ1) is 21.8. The number of aliphatic carboxylic acids is 1. The summed E-state index contributed by atoms with van der Waals surface area (Å²) in [5, 5.41) is 12.3. The zero-order valence-corrected chi connectivity index (χ0v) is 18.9. The van der Waals surface area contributed by atoms with Crippen molar-refractivity contribution in [1.29, 1.82) is 0 Å². The first-order valence-corrected chi connectivity index (χ1v) is 12.4. The fourth-order valence-corrected chi connectivity index (χ4v) is 6.45. The van der Waals surface area contributed by atoms with E-state index in [1.165, 1.54) is 27.8 Å². The molecule has 0 spiro atoms. The lowest BCUT2D eigenvalue weighted by Crippen LogP contribution is -2.49. The van der Waals surface area contributed by atoms with Crippen molar-refractivity contribution in [2.75, 3.05) is 18.2 Å². The van der Waals surface area contributed by atoms with E-state index in [1.807, 2.05) is 24.3 Å². The number of rotatable bonds is 5. The number of hydrogen-bond donors (Lipinski definition) is 2. The molecule has 1 heterocycles. The minimum atomic E-state index is -0.979. The number of benzene rings is 2. The monoisotopic (exact) mass is 466 g/mol. The molecule has 0 bridgehead atoms. The highest BCUT2D eigenvalue weighted by Crippen LogP contribution is 2.44. The molecule has 2 fully saturated rings. The molecule has 2 amide bonds. The molecule has 2 N–H and O–H groups in total. The van der Waals surface area contributed by atoms with Gasteiger partial charge in [0.2, 0.25) is 5.91 Å². The number of nitrogens with one attached hydrogen (secondary N) is 1. The van der Waals surface area contributed by atoms with Crippen LogP contribution in [0.5, 0.6) is 0 Å². The van der Waals surface area contributed by atoms with Crippen molar-refractivity contribution in [3.8, 4) is 11.1 Å². The zero-order chi connectivity index (χ0) is 22.9. The third kappa shape index (κ3) is 4.08.